The summed E-state index contributed by atoms with van der Waals surface area (Å²) in [4.78, 5) is 4.12. The molecule has 0 unspecified atom stereocenters. The summed E-state index contributed by atoms with van der Waals surface area (Å²) < 4.78 is 26.8. The van der Waals surface area contributed by atoms with E-state index in [1.54, 1.807) is 18.3 Å². The van der Waals surface area contributed by atoms with Crippen molar-refractivity contribution >= 4 is 43.1 Å². The minimum absolute atomic E-state index is 0.0894. The molecule has 2 rings (SSSR count). The van der Waals surface area contributed by atoms with Gasteiger partial charge < -0.3 is 5.32 Å². The first-order chi connectivity index (χ1) is 10.4. The van der Waals surface area contributed by atoms with Gasteiger partial charge in [-0.2, -0.15) is 0 Å². The largest absolute Gasteiger partial charge is 0.354 e. The van der Waals surface area contributed by atoms with E-state index < -0.39 is 10.0 Å². The van der Waals surface area contributed by atoms with Crippen molar-refractivity contribution in [1.29, 1.82) is 0 Å². The fourth-order valence-electron chi connectivity index (χ4n) is 1.84. The maximum absolute atomic E-state index is 11.7. The number of benzene rings is 1. The quantitative estimate of drug-likeness (QED) is 0.788. The minimum Gasteiger partial charge on any atom is -0.354 e. The molecule has 0 atom stereocenters. The first-order valence-corrected chi connectivity index (χ1v) is 9.34. The van der Waals surface area contributed by atoms with Crippen LogP contribution in [0, 0.1) is 6.92 Å². The number of nitrogens with one attached hydrogen (secondary N) is 2. The van der Waals surface area contributed by atoms with Gasteiger partial charge in [0.05, 0.1) is 17.6 Å². The number of rotatable bonds is 6. The molecule has 118 valence electrons. The first kappa shape index (κ1) is 16.8. The number of hydrogen-bond donors (Lipinski definition) is 2. The number of aromatic nitrogens is 1. The Morgan fingerprint density at radius 3 is 2.50 bits per heavy atom. The lowest BCUT2D eigenvalue weighted by molar-refractivity contribution is 0.599. The third-order valence-electron chi connectivity index (χ3n) is 2.96. The molecule has 0 saturated heterocycles. The van der Waals surface area contributed by atoms with E-state index in [1.807, 2.05) is 32.0 Å². The second kappa shape index (κ2) is 7.11. The maximum Gasteiger partial charge on any atom is 0.233 e. The molecule has 0 aliphatic carbocycles. The molecular formula is C15H18BrN3O2S. The van der Waals surface area contributed by atoms with Gasteiger partial charge in [-0.1, -0.05) is 28.9 Å². The molecule has 0 spiro atoms. The standard InChI is InChI=1S/C15H18BrN3O2S/c1-3-8-22(20,21)19-15-7-6-13(10-17-15)18-12-5-4-11(2)14(16)9-12/h4-7,9-10,18H,3,8H2,1-2H3,(H,17,19). The Labute approximate surface area is 139 Å². The molecule has 1 heterocycles. The Hall–Kier alpha value is -1.60. The molecule has 5 nitrogen and oxygen atoms in total. The van der Waals surface area contributed by atoms with Crippen LogP contribution in [0.15, 0.2) is 41.0 Å². The number of pyridine rings is 1. The van der Waals surface area contributed by atoms with E-state index in [9.17, 15) is 8.42 Å². The monoisotopic (exact) mass is 383 g/mol. The molecule has 0 aliphatic heterocycles. The molecule has 0 bridgehead atoms. The summed E-state index contributed by atoms with van der Waals surface area (Å²) in [5, 5.41) is 3.22. The molecule has 0 amide bonds. The summed E-state index contributed by atoms with van der Waals surface area (Å²) in [7, 11) is -3.31. The van der Waals surface area contributed by atoms with Crippen LogP contribution in [0.25, 0.3) is 0 Å². The van der Waals surface area contributed by atoms with Crippen LogP contribution in [0.1, 0.15) is 18.9 Å². The third-order valence-corrected chi connectivity index (χ3v) is 5.28. The lowest BCUT2D eigenvalue weighted by Gasteiger charge is -2.09. The highest BCUT2D eigenvalue weighted by molar-refractivity contribution is 9.10. The van der Waals surface area contributed by atoms with E-state index in [2.05, 4.69) is 31.0 Å². The van der Waals surface area contributed by atoms with Crippen molar-refractivity contribution in [2.45, 2.75) is 20.3 Å². The summed E-state index contributed by atoms with van der Waals surface area (Å²) in [6.07, 6.45) is 2.16. The zero-order valence-corrected chi connectivity index (χ0v) is 14.8. The smallest absolute Gasteiger partial charge is 0.233 e. The van der Waals surface area contributed by atoms with Gasteiger partial charge in [-0.05, 0) is 43.2 Å². The molecule has 1 aromatic heterocycles. The summed E-state index contributed by atoms with van der Waals surface area (Å²) in [5.74, 6) is 0.413. The fourth-order valence-corrected chi connectivity index (χ4v) is 3.30. The lowest BCUT2D eigenvalue weighted by atomic mass is 10.2. The normalized spacial score (nSPS) is 11.2. The lowest BCUT2D eigenvalue weighted by Crippen LogP contribution is -2.16. The van der Waals surface area contributed by atoms with Crippen LogP contribution in [0.4, 0.5) is 17.2 Å². The third kappa shape index (κ3) is 4.71. The number of nitrogens with zero attached hydrogens (tertiary/aromatic N) is 1. The number of aryl methyl sites for hydroxylation is 1. The minimum atomic E-state index is -3.31. The van der Waals surface area contributed by atoms with Crippen LogP contribution in [0.5, 0.6) is 0 Å². The average molecular weight is 384 g/mol. The number of hydrogen-bond acceptors (Lipinski definition) is 4. The van der Waals surface area contributed by atoms with Gasteiger partial charge in [0.2, 0.25) is 10.0 Å². The van der Waals surface area contributed by atoms with Crippen molar-refractivity contribution in [2.75, 3.05) is 15.8 Å². The van der Waals surface area contributed by atoms with Gasteiger partial charge in [0.1, 0.15) is 5.82 Å². The molecule has 0 aliphatic rings. The van der Waals surface area contributed by atoms with Gasteiger partial charge >= 0.3 is 0 Å². The van der Waals surface area contributed by atoms with Crippen LogP contribution in [0.2, 0.25) is 0 Å². The zero-order chi connectivity index (χ0) is 16.2. The summed E-state index contributed by atoms with van der Waals surface area (Å²) in [6, 6.07) is 9.38. The van der Waals surface area contributed by atoms with Crippen LogP contribution < -0.4 is 10.0 Å². The van der Waals surface area contributed by atoms with Crippen LogP contribution in [-0.2, 0) is 10.0 Å². The number of anilines is 3. The zero-order valence-electron chi connectivity index (χ0n) is 12.4. The van der Waals surface area contributed by atoms with Gasteiger partial charge in [-0.15, -0.1) is 0 Å². The summed E-state index contributed by atoms with van der Waals surface area (Å²) in [6.45, 7) is 3.84. The Morgan fingerprint density at radius 2 is 1.91 bits per heavy atom. The van der Waals surface area contributed by atoms with Crippen molar-refractivity contribution < 1.29 is 8.42 Å². The molecule has 1 aromatic carbocycles. The second-order valence-electron chi connectivity index (χ2n) is 4.94. The number of halogens is 1. The van der Waals surface area contributed by atoms with Crippen molar-refractivity contribution in [1.82, 2.24) is 4.98 Å². The van der Waals surface area contributed by atoms with E-state index in [-0.39, 0.29) is 5.75 Å². The van der Waals surface area contributed by atoms with Crippen molar-refractivity contribution in [3.8, 4) is 0 Å². The van der Waals surface area contributed by atoms with E-state index in [4.69, 9.17) is 0 Å². The van der Waals surface area contributed by atoms with Crippen LogP contribution >= 0.6 is 15.9 Å². The topological polar surface area (TPSA) is 71.1 Å². The highest BCUT2D eigenvalue weighted by atomic mass is 79.9. The molecule has 2 N–H and O–H groups in total. The van der Waals surface area contributed by atoms with Gasteiger partial charge in [-0.3, -0.25) is 4.72 Å². The molecule has 2 aromatic rings. The fraction of sp³-hybridized carbons (Fsp3) is 0.267. The maximum atomic E-state index is 11.7. The number of sulfonamides is 1. The molecule has 0 saturated carbocycles. The van der Waals surface area contributed by atoms with E-state index in [0.717, 1.165) is 21.4 Å². The van der Waals surface area contributed by atoms with E-state index in [0.29, 0.717) is 12.2 Å². The van der Waals surface area contributed by atoms with Crippen molar-refractivity contribution in [3.05, 3.63) is 46.6 Å². The summed E-state index contributed by atoms with van der Waals surface area (Å²) in [5.41, 5.74) is 2.87. The highest BCUT2D eigenvalue weighted by Crippen LogP contribution is 2.23. The summed E-state index contributed by atoms with van der Waals surface area (Å²) >= 11 is 3.49. The van der Waals surface area contributed by atoms with E-state index >= 15 is 0 Å². The van der Waals surface area contributed by atoms with Gasteiger partial charge in [0, 0.05) is 10.2 Å². The SMILES string of the molecule is CCCS(=O)(=O)Nc1ccc(Nc2ccc(C)c(Br)c2)cn1. The average Bonchev–Trinajstić information content (AvgIpc) is 2.44. The second-order valence-corrected chi connectivity index (χ2v) is 7.64. The molecule has 7 heteroatoms. The molecule has 22 heavy (non-hydrogen) atoms. The predicted octanol–water partition coefficient (Wildman–Crippen LogP) is 4.05. The molecular weight excluding hydrogens is 366 g/mol. The molecule has 0 radical (unpaired) electrons. The van der Waals surface area contributed by atoms with Crippen molar-refractivity contribution in [2.24, 2.45) is 0 Å². The van der Waals surface area contributed by atoms with Gasteiger partial charge in [0.25, 0.3) is 0 Å². The van der Waals surface area contributed by atoms with E-state index in [1.165, 1.54) is 0 Å². The Bertz CT molecular complexity index is 746. The Balaban J connectivity index is 2.07. The van der Waals surface area contributed by atoms with Crippen LogP contribution in [-0.4, -0.2) is 19.2 Å². The van der Waals surface area contributed by atoms with Gasteiger partial charge in [0.15, 0.2) is 0 Å². The Kier molecular flexibility index (Phi) is 5.42. The highest BCUT2D eigenvalue weighted by Gasteiger charge is 2.09. The Morgan fingerprint density at radius 1 is 1.18 bits per heavy atom. The van der Waals surface area contributed by atoms with Gasteiger partial charge in [-0.25, -0.2) is 13.4 Å². The van der Waals surface area contributed by atoms with Crippen molar-refractivity contribution in [3.63, 3.8) is 0 Å². The molecule has 0 fully saturated rings. The van der Waals surface area contributed by atoms with Crippen LogP contribution in [0.3, 0.4) is 0 Å². The first-order valence-electron chi connectivity index (χ1n) is 6.89. The predicted molar refractivity (Wildman–Crippen MR) is 94.1 cm³/mol.